The van der Waals surface area contributed by atoms with E-state index in [0.717, 1.165) is 0 Å². The van der Waals surface area contributed by atoms with Gasteiger partial charge in [0.15, 0.2) is 0 Å². The number of halogens is 5. The zero-order chi connectivity index (χ0) is 13.7. The molecule has 1 aliphatic rings. The van der Waals surface area contributed by atoms with Gasteiger partial charge in [0.2, 0.25) is 0 Å². The molecule has 2 unspecified atom stereocenters. The Labute approximate surface area is 132 Å². The van der Waals surface area contributed by atoms with Gasteiger partial charge in [0.25, 0.3) is 0 Å². The Morgan fingerprint density at radius 2 is 1.83 bits per heavy atom. The molecule has 0 bridgehead atoms. The molecule has 98 valence electrons. The third-order valence-corrected chi connectivity index (χ3v) is 6.27. The summed E-state index contributed by atoms with van der Waals surface area (Å²) >= 11 is 27.4. The SMILES string of the molecule is O=CC1(CO)C(c2cc(Cl)c(Br)c(Cl)c2)C1(Cl)Cl. The van der Waals surface area contributed by atoms with Crippen LogP contribution in [0.3, 0.4) is 0 Å². The van der Waals surface area contributed by atoms with E-state index < -0.39 is 22.3 Å². The summed E-state index contributed by atoms with van der Waals surface area (Å²) in [6.07, 6.45) is 0.585. The minimum absolute atomic E-state index is 0.395. The molecule has 0 heterocycles. The monoisotopic (exact) mass is 390 g/mol. The minimum Gasteiger partial charge on any atom is -0.395 e. The van der Waals surface area contributed by atoms with Crippen LogP contribution in [0.4, 0.5) is 0 Å². The molecular formula is C11H7BrCl4O2. The second kappa shape index (κ2) is 4.80. The van der Waals surface area contributed by atoms with Crippen LogP contribution < -0.4 is 0 Å². The third kappa shape index (κ3) is 1.91. The lowest BCUT2D eigenvalue weighted by Crippen LogP contribution is -2.16. The molecule has 0 aliphatic heterocycles. The summed E-state index contributed by atoms with van der Waals surface area (Å²) in [7, 11) is 0. The first kappa shape index (κ1) is 14.9. The van der Waals surface area contributed by atoms with Gasteiger partial charge in [-0.15, -0.1) is 0 Å². The maximum atomic E-state index is 11.2. The first-order chi connectivity index (χ1) is 8.31. The maximum absolute atomic E-state index is 11.2. The van der Waals surface area contributed by atoms with E-state index >= 15 is 0 Å². The summed E-state index contributed by atoms with van der Waals surface area (Å²) in [5, 5.41) is 10.1. The largest absolute Gasteiger partial charge is 0.395 e. The zero-order valence-corrected chi connectivity index (χ0v) is 13.4. The Kier molecular flexibility index (Phi) is 3.97. The molecule has 0 radical (unpaired) electrons. The Hall–Kier alpha value is 0.490. The normalized spacial score (nSPS) is 29.1. The fourth-order valence-corrected chi connectivity index (χ4v) is 3.80. The highest BCUT2D eigenvalue weighted by molar-refractivity contribution is 9.10. The van der Waals surface area contributed by atoms with Crippen LogP contribution in [-0.2, 0) is 4.79 Å². The van der Waals surface area contributed by atoms with E-state index in [1.807, 2.05) is 0 Å². The lowest BCUT2D eigenvalue weighted by Gasteiger charge is -2.07. The molecule has 2 rings (SSSR count). The van der Waals surface area contributed by atoms with Crippen molar-refractivity contribution in [2.75, 3.05) is 6.61 Å². The lowest BCUT2D eigenvalue weighted by molar-refractivity contribution is -0.113. The molecule has 0 saturated heterocycles. The maximum Gasteiger partial charge on any atom is 0.141 e. The van der Waals surface area contributed by atoms with E-state index in [9.17, 15) is 9.90 Å². The van der Waals surface area contributed by atoms with Crippen molar-refractivity contribution in [3.05, 3.63) is 32.2 Å². The fourth-order valence-electron chi connectivity index (χ4n) is 2.11. The quantitative estimate of drug-likeness (QED) is 0.475. The Balaban J connectivity index is 2.49. The van der Waals surface area contributed by atoms with Crippen LogP contribution in [-0.4, -0.2) is 22.3 Å². The Bertz CT molecular complexity index is 497. The standard InChI is InChI=1S/C11H7BrCl4O2/c12-8-6(13)1-5(2-7(8)14)9-10(3-17,4-18)11(9,15)16/h1-3,9,18H,4H2. The van der Waals surface area contributed by atoms with Crippen molar-refractivity contribution in [2.24, 2.45) is 5.41 Å². The van der Waals surface area contributed by atoms with Gasteiger partial charge < -0.3 is 9.90 Å². The zero-order valence-electron chi connectivity index (χ0n) is 8.76. The van der Waals surface area contributed by atoms with Crippen LogP contribution in [0, 0.1) is 5.41 Å². The average Bonchev–Trinajstić information content (AvgIpc) is 2.82. The molecule has 0 amide bonds. The molecule has 1 saturated carbocycles. The van der Waals surface area contributed by atoms with E-state index in [4.69, 9.17) is 46.4 Å². The predicted molar refractivity (Wildman–Crippen MR) is 76.9 cm³/mol. The van der Waals surface area contributed by atoms with Crippen LogP contribution in [0.5, 0.6) is 0 Å². The predicted octanol–water partition coefficient (Wildman–Crippen LogP) is 4.20. The van der Waals surface area contributed by atoms with Gasteiger partial charge in [-0.3, -0.25) is 0 Å². The van der Waals surface area contributed by atoms with Crippen molar-refractivity contribution in [1.29, 1.82) is 0 Å². The van der Waals surface area contributed by atoms with E-state index in [2.05, 4.69) is 15.9 Å². The van der Waals surface area contributed by atoms with Gasteiger partial charge in [0.05, 0.1) is 26.5 Å². The minimum atomic E-state index is -1.34. The van der Waals surface area contributed by atoms with Gasteiger partial charge in [-0.25, -0.2) is 0 Å². The second-order valence-corrected chi connectivity index (χ2v) is 7.16. The number of aliphatic hydroxyl groups is 1. The van der Waals surface area contributed by atoms with Gasteiger partial charge in [0, 0.05) is 5.92 Å². The highest BCUT2D eigenvalue weighted by Crippen LogP contribution is 2.73. The number of hydrogen-bond donors (Lipinski definition) is 1. The molecule has 2 nitrogen and oxygen atoms in total. The molecule has 1 N–H and O–H groups in total. The number of alkyl halides is 2. The molecule has 0 aromatic heterocycles. The van der Waals surface area contributed by atoms with E-state index in [1.54, 1.807) is 12.1 Å². The summed E-state index contributed by atoms with van der Waals surface area (Å²) in [6.45, 7) is -0.431. The van der Waals surface area contributed by atoms with Gasteiger partial charge in [-0.05, 0) is 33.6 Å². The first-order valence-corrected chi connectivity index (χ1v) is 7.21. The van der Waals surface area contributed by atoms with Crippen LogP contribution in [0.1, 0.15) is 11.5 Å². The van der Waals surface area contributed by atoms with E-state index in [0.29, 0.717) is 26.4 Å². The van der Waals surface area contributed by atoms with Crippen molar-refractivity contribution >= 4 is 68.6 Å². The van der Waals surface area contributed by atoms with Gasteiger partial charge in [0.1, 0.15) is 10.6 Å². The number of carbonyl (C=O) groups is 1. The second-order valence-electron chi connectivity index (χ2n) is 4.17. The first-order valence-electron chi connectivity index (χ1n) is 4.91. The van der Waals surface area contributed by atoms with E-state index in [-0.39, 0.29) is 0 Å². The summed E-state index contributed by atoms with van der Waals surface area (Å²) in [4.78, 5) is 11.2. The fraction of sp³-hybridized carbons (Fsp3) is 0.364. The highest BCUT2D eigenvalue weighted by Gasteiger charge is 2.76. The molecular weight excluding hydrogens is 386 g/mol. The molecule has 1 aromatic rings. The third-order valence-electron chi connectivity index (χ3n) is 3.23. The smallest absolute Gasteiger partial charge is 0.141 e. The summed E-state index contributed by atoms with van der Waals surface area (Å²) < 4.78 is -0.782. The number of benzene rings is 1. The molecule has 1 aliphatic carbocycles. The van der Waals surface area contributed by atoms with Crippen LogP contribution in [0.2, 0.25) is 10.0 Å². The topological polar surface area (TPSA) is 37.3 Å². The van der Waals surface area contributed by atoms with Crippen molar-refractivity contribution < 1.29 is 9.90 Å². The Morgan fingerprint density at radius 1 is 1.33 bits per heavy atom. The van der Waals surface area contributed by atoms with Gasteiger partial charge >= 0.3 is 0 Å². The Morgan fingerprint density at radius 3 is 2.17 bits per heavy atom. The molecule has 0 spiro atoms. The molecule has 7 heteroatoms. The molecule has 1 aromatic carbocycles. The summed E-state index contributed by atoms with van der Waals surface area (Å²) in [5.74, 6) is -0.529. The lowest BCUT2D eigenvalue weighted by atomic mass is 10.0. The van der Waals surface area contributed by atoms with Gasteiger partial charge in [-0.1, -0.05) is 46.4 Å². The molecule has 18 heavy (non-hydrogen) atoms. The number of hydrogen-bond acceptors (Lipinski definition) is 2. The highest BCUT2D eigenvalue weighted by atomic mass is 79.9. The van der Waals surface area contributed by atoms with Crippen LogP contribution >= 0.6 is 62.3 Å². The number of aldehydes is 1. The average molecular weight is 393 g/mol. The number of aliphatic hydroxyl groups excluding tert-OH is 1. The summed E-state index contributed by atoms with van der Waals surface area (Å²) in [5.41, 5.74) is -0.573. The van der Waals surface area contributed by atoms with Crippen molar-refractivity contribution in [2.45, 2.75) is 10.3 Å². The molecule has 2 atom stereocenters. The number of carbonyl (C=O) groups excluding carboxylic acids is 1. The number of rotatable bonds is 3. The molecule has 1 fully saturated rings. The van der Waals surface area contributed by atoms with Gasteiger partial charge in [-0.2, -0.15) is 0 Å². The van der Waals surface area contributed by atoms with Crippen LogP contribution in [0.25, 0.3) is 0 Å². The summed E-state index contributed by atoms with van der Waals surface area (Å²) in [6, 6.07) is 3.26. The van der Waals surface area contributed by atoms with Crippen LogP contribution in [0.15, 0.2) is 16.6 Å². The van der Waals surface area contributed by atoms with E-state index in [1.165, 1.54) is 0 Å². The van der Waals surface area contributed by atoms with Crippen molar-refractivity contribution in [1.82, 2.24) is 0 Å². The van der Waals surface area contributed by atoms with Crippen molar-refractivity contribution in [3.63, 3.8) is 0 Å². The van der Waals surface area contributed by atoms with Crippen molar-refractivity contribution in [3.8, 4) is 0 Å².